The van der Waals surface area contributed by atoms with Crippen molar-refractivity contribution in [2.45, 2.75) is 33.3 Å². The predicted octanol–water partition coefficient (Wildman–Crippen LogP) is 1.40. The van der Waals surface area contributed by atoms with Gasteiger partial charge >= 0.3 is 6.09 Å². The Morgan fingerprint density at radius 3 is 2.38 bits per heavy atom. The summed E-state index contributed by atoms with van der Waals surface area (Å²) in [7, 11) is 0. The number of hydrogen-bond donors (Lipinski definition) is 0. The fraction of sp³-hybridized carbons (Fsp3) is 0.778. The molecule has 1 saturated heterocycles. The minimum absolute atomic E-state index is 0.0347. The van der Waals surface area contributed by atoms with Crippen LogP contribution in [0, 0.1) is 5.92 Å². The Balaban J connectivity index is 2.47. The van der Waals surface area contributed by atoms with Crippen LogP contribution >= 0.6 is 0 Å². The van der Waals surface area contributed by atoms with Crippen molar-refractivity contribution in [2.75, 3.05) is 6.54 Å². The summed E-state index contributed by atoms with van der Waals surface area (Å²) in [6, 6.07) is 0. The maximum Gasteiger partial charge on any atom is 0.417 e. The molecule has 0 aromatic rings. The highest BCUT2D eigenvalue weighted by atomic mass is 16.6. The first kappa shape index (κ1) is 10.0. The van der Waals surface area contributed by atoms with Crippen LogP contribution in [0.3, 0.4) is 0 Å². The second-order valence-corrected chi connectivity index (χ2v) is 4.33. The van der Waals surface area contributed by atoms with Crippen LogP contribution in [0.1, 0.15) is 27.7 Å². The summed E-state index contributed by atoms with van der Waals surface area (Å²) < 4.78 is 5.03. The van der Waals surface area contributed by atoms with E-state index < -0.39 is 11.7 Å². The number of imide groups is 1. The molecular formula is C9H15NO3. The molecule has 1 heterocycles. The Morgan fingerprint density at radius 2 is 2.08 bits per heavy atom. The minimum atomic E-state index is -0.532. The van der Waals surface area contributed by atoms with Gasteiger partial charge in [0.05, 0.1) is 5.92 Å². The number of β-lactam (4-membered cyclic amide) rings is 1. The van der Waals surface area contributed by atoms with Crippen molar-refractivity contribution in [1.29, 1.82) is 0 Å². The van der Waals surface area contributed by atoms with E-state index in [-0.39, 0.29) is 11.8 Å². The third-order valence-corrected chi connectivity index (χ3v) is 1.76. The lowest BCUT2D eigenvalue weighted by Gasteiger charge is -2.35. The van der Waals surface area contributed by atoms with Gasteiger partial charge in [-0.3, -0.25) is 4.79 Å². The van der Waals surface area contributed by atoms with Gasteiger partial charge in [-0.1, -0.05) is 6.92 Å². The Hall–Kier alpha value is -1.06. The van der Waals surface area contributed by atoms with Gasteiger partial charge in [-0.2, -0.15) is 0 Å². The van der Waals surface area contributed by atoms with Crippen molar-refractivity contribution in [3.8, 4) is 0 Å². The molecule has 0 aromatic heterocycles. The number of carbonyl (C=O) groups excluding carboxylic acids is 2. The van der Waals surface area contributed by atoms with Gasteiger partial charge in [-0.15, -0.1) is 0 Å². The Labute approximate surface area is 77.8 Å². The van der Waals surface area contributed by atoms with Crippen LogP contribution in [0.15, 0.2) is 0 Å². The molecule has 1 aliphatic heterocycles. The van der Waals surface area contributed by atoms with Crippen molar-refractivity contribution in [3.05, 3.63) is 0 Å². The van der Waals surface area contributed by atoms with Gasteiger partial charge in [0.15, 0.2) is 0 Å². The second kappa shape index (κ2) is 3.01. The molecule has 0 spiro atoms. The normalized spacial score (nSPS) is 22.6. The lowest BCUT2D eigenvalue weighted by molar-refractivity contribution is -0.144. The number of rotatable bonds is 0. The van der Waals surface area contributed by atoms with Crippen LogP contribution in [0.25, 0.3) is 0 Å². The highest BCUT2D eigenvalue weighted by Crippen LogP contribution is 2.20. The lowest BCUT2D eigenvalue weighted by Crippen LogP contribution is -2.55. The first-order valence-corrected chi connectivity index (χ1v) is 4.35. The molecule has 13 heavy (non-hydrogen) atoms. The average Bonchev–Trinajstić information content (AvgIpc) is 1.95. The van der Waals surface area contributed by atoms with Crippen molar-refractivity contribution in [1.82, 2.24) is 4.90 Å². The molecule has 0 aliphatic carbocycles. The maximum absolute atomic E-state index is 11.3. The summed E-state index contributed by atoms with van der Waals surface area (Å²) in [6.45, 7) is 7.60. The summed E-state index contributed by atoms with van der Waals surface area (Å²) in [5.41, 5.74) is -0.532. The van der Waals surface area contributed by atoms with Gasteiger partial charge in [0, 0.05) is 6.54 Å². The first-order valence-electron chi connectivity index (χ1n) is 4.35. The summed E-state index contributed by atoms with van der Waals surface area (Å²) in [4.78, 5) is 23.5. The number of nitrogens with zero attached hydrogens (tertiary/aromatic N) is 1. The number of ether oxygens (including phenoxy) is 1. The van der Waals surface area contributed by atoms with E-state index >= 15 is 0 Å². The molecule has 0 aromatic carbocycles. The van der Waals surface area contributed by atoms with E-state index in [0.717, 1.165) is 4.90 Å². The largest absolute Gasteiger partial charge is 0.443 e. The molecule has 0 saturated carbocycles. The molecule has 74 valence electrons. The highest BCUT2D eigenvalue weighted by molar-refractivity contribution is 5.98. The minimum Gasteiger partial charge on any atom is -0.443 e. The number of hydrogen-bond acceptors (Lipinski definition) is 3. The number of amides is 2. The fourth-order valence-corrected chi connectivity index (χ4v) is 1.08. The molecule has 0 bridgehead atoms. The SMILES string of the molecule is CC1CN(C(=O)OC(C)(C)C)C1=O. The smallest absolute Gasteiger partial charge is 0.417 e. The monoisotopic (exact) mass is 185 g/mol. The summed E-state index contributed by atoms with van der Waals surface area (Å²) in [5, 5.41) is 0. The van der Waals surface area contributed by atoms with Crippen LogP contribution in [0.4, 0.5) is 4.79 Å². The molecule has 1 aliphatic rings. The molecule has 4 heteroatoms. The summed E-state index contributed by atoms with van der Waals surface area (Å²) >= 11 is 0. The molecule has 4 nitrogen and oxygen atoms in total. The van der Waals surface area contributed by atoms with E-state index in [1.165, 1.54) is 0 Å². The maximum atomic E-state index is 11.3. The molecule has 1 atom stereocenters. The van der Waals surface area contributed by atoms with E-state index in [1.54, 1.807) is 27.7 Å². The van der Waals surface area contributed by atoms with Crippen LogP contribution in [0.5, 0.6) is 0 Å². The second-order valence-electron chi connectivity index (χ2n) is 4.33. The fourth-order valence-electron chi connectivity index (χ4n) is 1.08. The van der Waals surface area contributed by atoms with E-state index in [9.17, 15) is 9.59 Å². The van der Waals surface area contributed by atoms with E-state index in [4.69, 9.17) is 4.74 Å². The Morgan fingerprint density at radius 1 is 1.54 bits per heavy atom. The molecule has 0 N–H and O–H groups in total. The van der Waals surface area contributed by atoms with Crippen LogP contribution in [0.2, 0.25) is 0 Å². The quantitative estimate of drug-likeness (QED) is 0.536. The van der Waals surface area contributed by atoms with Gasteiger partial charge in [0.2, 0.25) is 5.91 Å². The Bertz CT molecular complexity index is 242. The first-order chi connectivity index (χ1) is 5.81. The van der Waals surface area contributed by atoms with Gasteiger partial charge < -0.3 is 4.74 Å². The third-order valence-electron chi connectivity index (χ3n) is 1.76. The topological polar surface area (TPSA) is 46.6 Å². The van der Waals surface area contributed by atoms with Gasteiger partial charge in [-0.05, 0) is 20.8 Å². The molecule has 2 amide bonds. The standard InChI is InChI=1S/C9H15NO3/c1-6-5-10(7(6)11)8(12)13-9(2,3)4/h6H,5H2,1-4H3. The van der Waals surface area contributed by atoms with Crippen molar-refractivity contribution < 1.29 is 14.3 Å². The highest BCUT2D eigenvalue weighted by Gasteiger charge is 2.39. The van der Waals surface area contributed by atoms with Crippen molar-refractivity contribution >= 4 is 12.0 Å². The van der Waals surface area contributed by atoms with Crippen LogP contribution in [-0.2, 0) is 9.53 Å². The molecule has 1 rings (SSSR count). The molecule has 0 radical (unpaired) electrons. The van der Waals surface area contributed by atoms with E-state index in [2.05, 4.69) is 0 Å². The zero-order chi connectivity index (χ0) is 10.2. The molecular weight excluding hydrogens is 170 g/mol. The average molecular weight is 185 g/mol. The third kappa shape index (κ3) is 2.20. The van der Waals surface area contributed by atoms with Crippen molar-refractivity contribution in [3.63, 3.8) is 0 Å². The van der Waals surface area contributed by atoms with Crippen LogP contribution < -0.4 is 0 Å². The summed E-state index contributed by atoms with van der Waals surface area (Å²) in [5.74, 6) is -0.179. The lowest BCUT2D eigenvalue weighted by atomic mass is 10.0. The van der Waals surface area contributed by atoms with E-state index in [1.807, 2.05) is 0 Å². The van der Waals surface area contributed by atoms with Gasteiger partial charge in [0.1, 0.15) is 5.60 Å². The number of carbonyl (C=O) groups is 2. The van der Waals surface area contributed by atoms with Gasteiger partial charge in [0.25, 0.3) is 0 Å². The van der Waals surface area contributed by atoms with Gasteiger partial charge in [-0.25, -0.2) is 9.69 Å². The van der Waals surface area contributed by atoms with E-state index in [0.29, 0.717) is 6.54 Å². The molecule has 1 fully saturated rings. The zero-order valence-corrected chi connectivity index (χ0v) is 8.46. The predicted molar refractivity (Wildman–Crippen MR) is 47.1 cm³/mol. The number of likely N-dealkylation sites (tertiary alicyclic amines) is 1. The van der Waals surface area contributed by atoms with Crippen LogP contribution in [-0.4, -0.2) is 29.0 Å². The zero-order valence-electron chi connectivity index (χ0n) is 8.46. The summed E-state index contributed by atoms with van der Waals surface area (Å²) in [6.07, 6.45) is -0.532. The van der Waals surface area contributed by atoms with Crippen molar-refractivity contribution in [2.24, 2.45) is 5.92 Å². The molecule has 1 unspecified atom stereocenters. The Kier molecular flexibility index (Phi) is 2.32.